The molecule has 0 unspecified atom stereocenters. The van der Waals surface area contributed by atoms with Gasteiger partial charge in [-0.1, -0.05) is 0 Å². The van der Waals surface area contributed by atoms with Gasteiger partial charge in [0.15, 0.2) is 11.5 Å². The molecule has 2 heterocycles. The van der Waals surface area contributed by atoms with Crippen LogP contribution in [-0.4, -0.2) is 61.4 Å². The Morgan fingerprint density at radius 2 is 2.11 bits per heavy atom. The molecule has 1 aliphatic rings. The normalized spacial score (nSPS) is 16.8. The molecule has 1 fully saturated rings. The van der Waals surface area contributed by atoms with Gasteiger partial charge in [0.25, 0.3) is 0 Å². The summed E-state index contributed by atoms with van der Waals surface area (Å²) in [5.74, 6) is 2.57. The Kier molecular flexibility index (Phi) is 6.86. The van der Waals surface area contributed by atoms with E-state index in [0.717, 1.165) is 36.7 Å². The number of benzene rings is 1. The highest BCUT2D eigenvalue weighted by Gasteiger charge is 2.20. The highest BCUT2D eigenvalue weighted by Crippen LogP contribution is 2.31. The van der Waals surface area contributed by atoms with Crippen LogP contribution < -0.4 is 20.1 Å². The molecule has 0 aliphatic carbocycles. The number of likely N-dealkylation sites (tertiary alicyclic amines) is 1. The minimum atomic E-state index is -0.684. The average Bonchev–Trinajstić information content (AvgIpc) is 3.10. The maximum absolute atomic E-state index is 13.2. The van der Waals surface area contributed by atoms with Crippen molar-refractivity contribution in [1.29, 1.82) is 0 Å². The lowest BCUT2D eigenvalue weighted by atomic mass is 10.2. The highest BCUT2D eigenvalue weighted by atomic mass is 19.1. The third-order valence-electron chi connectivity index (χ3n) is 4.62. The number of methoxy groups -OCH3 is 1. The van der Waals surface area contributed by atoms with E-state index in [2.05, 4.69) is 25.5 Å². The highest BCUT2D eigenvalue weighted by molar-refractivity contribution is 5.60. The zero-order valence-corrected chi connectivity index (χ0v) is 16.7. The van der Waals surface area contributed by atoms with Crippen LogP contribution >= 0.6 is 0 Å². The second-order valence-corrected chi connectivity index (χ2v) is 6.85. The first kappa shape index (κ1) is 20.1. The lowest BCUT2D eigenvalue weighted by Crippen LogP contribution is -2.23. The minimum Gasteiger partial charge on any atom is -0.493 e. The molecule has 3 rings (SSSR count). The summed E-state index contributed by atoms with van der Waals surface area (Å²) in [4.78, 5) is 10.9. The molecule has 0 saturated carbocycles. The number of halogens is 1. The van der Waals surface area contributed by atoms with Crippen molar-refractivity contribution in [3.63, 3.8) is 0 Å². The Morgan fingerprint density at radius 3 is 2.82 bits per heavy atom. The number of nitrogens with one attached hydrogen (secondary N) is 2. The van der Waals surface area contributed by atoms with E-state index in [1.54, 1.807) is 7.11 Å². The van der Waals surface area contributed by atoms with Crippen molar-refractivity contribution in [2.24, 2.45) is 0 Å². The molecule has 1 aromatic carbocycles. The summed E-state index contributed by atoms with van der Waals surface area (Å²) in [7, 11) is 3.44. The van der Waals surface area contributed by atoms with E-state index in [4.69, 9.17) is 9.47 Å². The summed E-state index contributed by atoms with van der Waals surface area (Å²) < 4.78 is 24.6. The Morgan fingerprint density at radius 1 is 1.25 bits per heavy atom. The fourth-order valence-electron chi connectivity index (χ4n) is 3.21. The standard InChI is InChI=1S/C20H28FN5O2/c1-14-11-19(22-2)25-20(23-14)24-16-5-6-17(27-3)18(12-16)28-10-4-8-26-9-7-15(21)13-26/h5-6,11-12,15H,4,7-10,13H2,1-3H3,(H2,22,23,24,25)/t15-/m1/s1. The predicted octanol–water partition coefficient (Wildman–Crippen LogP) is 3.39. The summed E-state index contributed by atoms with van der Waals surface area (Å²) >= 11 is 0. The first-order valence-electron chi connectivity index (χ1n) is 9.55. The van der Waals surface area contributed by atoms with Crippen molar-refractivity contribution in [1.82, 2.24) is 14.9 Å². The van der Waals surface area contributed by atoms with Gasteiger partial charge >= 0.3 is 0 Å². The summed E-state index contributed by atoms with van der Waals surface area (Å²) in [5, 5.41) is 6.22. The van der Waals surface area contributed by atoms with Crippen molar-refractivity contribution in [2.45, 2.75) is 25.9 Å². The van der Waals surface area contributed by atoms with E-state index in [1.807, 2.05) is 38.2 Å². The Bertz CT molecular complexity index is 789. The zero-order valence-electron chi connectivity index (χ0n) is 16.7. The van der Waals surface area contributed by atoms with Gasteiger partial charge in [-0.3, -0.25) is 0 Å². The summed E-state index contributed by atoms with van der Waals surface area (Å²) in [6, 6.07) is 7.49. The molecule has 1 atom stereocenters. The van der Waals surface area contributed by atoms with Crippen LogP contribution in [0.1, 0.15) is 18.5 Å². The number of rotatable bonds is 9. The lowest BCUT2D eigenvalue weighted by molar-refractivity contribution is 0.242. The van der Waals surface area contributed by atoms with E-state index < -0.39 is 6.17 Å². The number of anilines is 3. The van der Waals surface area contributed by atoms with Crippen molar-refractivity contribution < 1.29 is 13.9 Å². The summed E-state index contributed by atoms with van der Waals surface area (Å²) in [6.45, 7) is 4.66. The summed E-state index contributed by atoms with van der Waals surface area (Å²) in [5.41, 5.74) is 1.67. The van der Waals surface area contributed by atoms with E-state index in [0.29, 0.717) is 37.0 Å². The van der Waals surface area contributed by atoms with Gasteiger partial charge in [-0.2, -0.15) is 4.98 Å². The van der Waals surface area contributed by atoms with Gasteiger partial charge in [-0.15, -0.1) is 0 Å². The van der Waals surface area contributed by atoms with Crippen LogP contribution in [0, 0.1) is 6.92 Å². The Labute approximate surface area is 165 Å². The Balaban J connectivity index is 1.60. The zero-order chi connectivity index (χ0) is 19.9. The van der Waals surface area contributed by atoms with Crippen LogP contribution in [0.15, 0.2) is 24.3 Å². The molecule has 28 heavy (non-hydrogen) atoms. The number of aromatic nitrogens is 2. The van der Waals surface area contributed by atoms with Crippen LogP contribution in [0.2, 0.25) is 0 Å². The van der Waals surface area contributed by atoms with Gasteiger partial charge in [0.1, 0.15) is 12.0 Å². The molecule has 7 nitrogen and oxygen atoms in total. The molecular formula is C20H28FN5O2. The van der Waals surface area contributed by atoms with Crippen molar-refractivity contribution in [3.05, 3.63) is 30.0 Å². The van der Waals surface area contributed by atoms with Crippen molar-refractivity contribution in [3.8, 4) is 11.5 Å². The average molecular weight is 389 g/mol. The molecule has 2 N–H and O–H groups in total. The fourth-order valence-corrected chi connectivity index (χ4v) is 3.21. The van der Waals surface area contributed by atoms with Gasteiger partial charge < -0.3 is 25.0 Å². The molecular weight excluding hydrogens is 361 g/mol. The maximum atomic E-state index is 13.2. The molecule has 2 aromatic rings. The number of alkyl halides is 1. The first-order chi connectivity index (χ1) is 13.6. The van der Waals surface area contributed by atoms with Crippen LogP contribution in [-0.2, 0) is 0 Å². The number of ether oxygens (including phenoxy) is 2. The molecule has 0 bridgehead atoms. The molecule has 152 valence electrons. The number of hydrogen-bond donors (Lipinski definition) is 2. The Hall–Kier alpha value is -2.61. The number of hydrogen-bond acceptors (Lipinski definition) is 7. The van der Waals surface area contributed by atoms with Crippen molar-refractivity contribution >= 4 is 17.5 Å². The van der Waals surface area contributed by atoms with E-state index in [1.165, 1.54) is 0 Å². The van der Waals surface area contributed by atoms with Crippen molar-refractivity contribution in [2.75, 3.05) is 51.0 Å². The van der Waals surface area contributed by atoms with E-state index in [-0.39, 0.29) is 0 Å². The SMILES string of the molecule is CNc1cc(C)nc(Nc2ccc(OC)c(OCCCN3CC[C@@H](F)C3)c2)n1. The molecule has 1 saturated heterocycles. The van der Waals surface area contributed by atoms with E-state index >= 15 is 0 Å². The predicted molar refractivity (Wildman–Crippen MR) is 109 cm³/mol. The quantitative estimate of drug-likeness (QED) is 0.637. The lowest BCUT2D eigenvalue weighted by Gasteiger charge is -2.16. The number of nitrogens with zero attached hydrogens (tertiary/aromatic N) is 3. The molecule has 0 spiro atoms. The van der Waals surface area contributed by atoms with E-state index in [9.17, 15) is 4.39 Å². The smallest absolute Gasteiger partial charge is 0.229 e. The molecule has 0 radical (unpaired) electrons. The molecule has 8 heteroatoms. The number of aryl methyl sites for hydroxylation is 1. The minimum absolute atomic E-state index is 0.510. The van der Waals surface area contributed by atoms with Crippen LogP contribution in [0.4, 0.5) is 21.8 Å². The van der Waals surface area contributed by atoms with Gasteiger partial charge in [-0.25, -0.2) is 9.37 Å². The van der Waals surface area contributed by atoms with Gasteiger partial charge in [0, 0.05) is 50.2 Å². The summed E-state index contributed by atoms with van der Waals surface area (Å²) in [6.07, 6.45) is 0.787. The fraction of sp³-hybridized carbons (Fsp3) is 0.500. The largest absolute Gasteiger partial charge is 0.493 e. The third kappa shape index (κ3) is 5.45. The molecule has 1 aliphatic heterocycles. The monoisotopic (exact) mass is 389 g/mol. The first-order valence-corrected chi connectivity index (χ1v) is 9.55. The molecule has 0 amide bonds. The van der Waals surface area contributed by atoms with Crippen LogP contribution in [0.5, 0.6) is 11.5 Å². The topological polar surface area (TPSA) is 71.5 Å². The van der Waals surface area contributed by atoms with Crippen LogP contribution in [0.25, 0.3) is 0 Å². The van der Waals surface area contributed by atoms with Gasteiger partial charge in [0.05, 0.1) is 13.7 Å². The maximum Gasteiger partial charge on any atom is 0.229 e. The second-order valence-electron chi connectivity index (χ2n) is 6.85. The van der Waals surface area contributed by atoms with Gasteiger partial charge in [-0.05, 0) is 31.9 Å². The second kappa shape index (κ2) is 9.54. The third-order valence-corrected chi connectivity index (χ3v) is 4.62. The van der Waals surface area contributed by atoms with Gasteiger partial charge in [0.2, 0.25) is 5.95 Å². The van der Waals surface area contributed by atoms with Crippen LogP contribution in [0.3, 0.4) is 0 Å². The molecule has 1 aromatic heterocycles.